The standard InChI is InChI=1S/C10H13O2P/c1-10(2,8-13(11)12)9-6-4-3-5-7-9/h3-7H,8H2,1-2H3/p+1. The zero-order valence-electron chi connectivity index (χ0n) is 7.90. The normalized spacial score (nSPS) is 12.7. The lowest BCUT2D eigenvalue weighted by atomic mass is 9.87. The average Bonchev–Trinajstić information content (AvgIpc) is 2.04. The van der Waals surface area contributed by atoms with Crippen LogP contribution in [-0.4, -0.2) is 11.1 Å². The Bertz CT molecular complexity index is 293. The molecule has 2 nitrogen and oxygen atoms in total. The van der Waals surface area contributed by atoms with Crippen molar-refractivity contribution in [2.75, 3.05) is 6.16 Å². The van der Waals surface area contributed by atoms with Crippen molar-refractivity contribution < 1.29 is 9.46 Å². The summed E-state index contributed by atoms with van der Waals surface area (Å²) in [6.45, 7) is 3.96. The van der Waals surface area contributed by atoms with Gasteiger partial charge in [-0.3, -0.25) is 0 Å². The van der Waals surface area contributed by atoms with Gasteiger partial charge in [-0.15, -0.1) is 0 Å². The van der Waals surface area contributed by atoms with E-state index < -0.39 is 8.03 Å². The van der Waals surface area contributed by atoms with E-state index in [-0.39, 0.29) is 5.41 Å². The molecular weight excluding hydrogens is 183 g/mol. The second-order valence-electron chi connectivity index (χ2n) is 3.76. The highest BCUT2D eigenvalue weighted by Gasteiger charge is 2.30. The Morgan fingerprint density at radius 3 is 2.31 bits per heavy atom. The molecule has 0 bridgehead atoms. The summed E-state index contributed by atoms with van der Waals surface area (Å²) in [6, 6.07) is 9.80. The smallest absolute Gasteiger partial charge is 0.161 e. The Hall–Kier alpha value is -0.720. The van der Waals surface area contributed by atoms with E-state index in [0.717, 1.165) is 5.56 Å². The fourth-order valence-electron chi connectivity index (χ4n) is 1.32. The molecule has 1 unspecified atom stereocenters. The van der Waals surface area contributed by atoms with Gasteiger partial charge in [-0.1, -0.05) is 44.2 Å². The maximum absolute atomic E-state index is 10.7. The van der Waals surface area contributed by atoms with E-state index in [1.54, 1.807) is 0 Å². The van der Waals surface area contributed by atoms with Gasteiger partial charge in [0.1, 0.15) is 0 Å². The van der Waals surface area contributed by atoms with Crippen molar-refractivity contribution >= 4 is 8.03 Å². The van der Waals surface area contributed by atoms with E-state index in [9.17, 15) is 4.57 Å². The van der Waals surface area contributed by atoms with Crippen LogP contribution in [0, 0.1) is 0 Å². The van der Waals surface area contributed by atoms with E-state index in [2.05, 4.69) is 0 Å². The molecule has 0 amide bonds. The minimum atomic E-state index is -2.06. The maximum atomic E-state index is 10.7. The average molecular weight is 197 g/mol. The molecule has 0 aromatic heterocycles. The molecule has 1 rings (SSSR count). The first kappa shape index (κ1) is 10.4. The monoisotopic (exact) mass is 197 g/mol. The van der Waals surface area contributed by atoms with E-state index in [4.69, 9.17) is 4.89 Å². The number of hydrogen-bond donors (Lipinski definition) is 1. The van der Waals surface area contributed by atoms with Gasteiger partial charge in [0.2, 0.25) is 0 Å². The molecule has 70 valence electrons. The van der Waals surface area contributed by atoms with Crippen LogP contribution in [0.1, 0.15) is 19.4 Å². The van der Waals surface area contributed by atoms with E-state index in [0.29, 0.717) is 6.16 Å². The first-order chi connectivity index (χ1) is 6.02. The highest BCUT2D eigenvalue weighted by molar-refractivity contribution is 7.38. The zero-order chi connectivity index (χ0) is 9.90. The molecule has 0 aliphatic carbocycles. The van der Waals surface area contributed by atoms with Gasteiger partial charge >= 0.3 is 8.03 Å². The quantitative estimate of drug-likeness (QED) is 0.756. The Labute approximate surface area is 79.5 Å². The van der Waals surface area contributed by atoms with Crippen molar-refractivity contribution in [2.24, 2.45) is 0 Å². The Kier molecular flexibility index (Phi) is 3.18. The van der Waals surface area contributed by atoms with Crippen molar-refractivity contribution in [3.63, 3.8) is 0 Å². The molecule has 0 heterocycles. The van der Waals surface area contributed by atoms with Gasteiger partial charge in [0.05, 0.1) is 0 Å². The Balaban J connectivity index is 2.87. The molecule has 3 heteroatoms. The SMILES string of the molecule is CC(C)(C[P+](=O)O)c1ccccc1. The lowest BCUT2D eigenvalue weighted by molar-refractivity contribution is 0.480. The molecule has 0 aliphatic heterocycles. The molecule has 13 heavy (non-hydrogen) atoms. The van der Waals surface area contributed by atoms with Gasteiger partial charge in [-0.2, -0.15) is 4.89 Å². The molecule has 1 aromatic rings. The molecule has 0 radical (unpaired) electrons. The molecule has 0 aliphatic rings. The van der Waals surface area contributed by atoms with Gasteiger partial charge < -0.3 is 0 Å². The van der Waals surface area contributed by atoms with Gasteiger partial charge in [0.15, 0.2) is 6.16 Å². The number of benzene rings is 1. The third-order valence-corrected chi connectivity index (χ3v) is 3.15. The summed E-state index contributed by atoms with van der Waals surface area (Å²) in [5, 5.41) is 0. The molecule has 0 fully saturated rings. The van der Waals surface area contributed by atoms with Crippen molar-refractivity contribution in [1.82, 2.24) is 0 Å². The van der Waals surface area contributed by atoms with Crippen LogP contribution in [-0.2, 0) is 9.98 Å². The summed E-state index contributed by atoms with van der Waals surface area (Å²) in [7, 11) is -2.06. The minimum Gasteiger partial charge on any atom is -0.161 e. The van der Waals surface area contributed by atoms with Crippen LogP contribution in [0.15, 0.2) is 30.3 Å². The van der Waals surface area contributed by atoms with Gasteiger partial charge in [-0.05, 0) is 10.1 Å². The second-order valence-corrected chi connectivity index (χ2v) is 4.78. The fraction of sp³-hybridized carbons (Fsp3) is 0.400. The summed E-state index contributed by atoms with van der Waals surface area (Å²) < 4.78 is 10.7. The van der Waals surface area contributed by atoms with Crippen molar-refractivity contribution in [3.8, 4) is 0 Å². The van der Waals surface area contributed by atoms with Gasteiger partial charge in [0, 0.05) is 5.41 Å². The first-order valence-corrected chi connectivity index (χ1v) is 5.61. The van der Waals surface area contributed by atoms with Crippen LogP contribution in [0.25, 0.3) is 0 Å². The van der Waals surface area contributed by atoms with Gasteiger partial charge in [-0.25, -0.2) is 0 Å². The van der Waals surface area contributed by atoms with Crippen LogP contribution in [0.4, 0.5) is 0 Å². The minimum absolute atomic E-state index is 0.219. The summed E-state index contributed by atoms with van der Waals surface area (Å²) in [5.74, 6) is 0. The van der Waals surface area contributed by atoms with Crippen LogP contribution >= 0.6 is 8.03 Å². The molecule has 0 saturated carbocycles. The molecule has 1 atom stereocenters. The van der Waals surface area contributed by atoms with Crippen molar-refractivity contribution in [3.05, 3.63) is 35.9 Å². The van der Waals surface area contributed by atoms with Crippen molar-refractivity contribution in [2.45, 2.75) is 19.3 Å². The first-order valence-electron chi connectivity index (χ1n) is 4.21. The van der Waals surface area contributed by atoms with Crippen LogP contribution in [0.3, 0.4) is 0 Å². The third-order valence-electron chi connectivity index (χ3n) is 2.09. The van der Waals surface area contributed by atoms with Crippen LogP contribution < -0.4 is 0 Å². The molecule has 1 N–H and O–H groups in total. The lowest BCUT2D eigenvalue weighted by Crippen LogP contribution is -2.19. The molecule has 0 spiro atoms. The highest BCUT2D eigenvalue weighted by atomic mass is 31.1. The largest absolute Gasteiger partial charge is 0.506 e. The summed E-state index contributed by atoms with van der Waals surface area (Å²) in [4.78, 5) is 8.86. The molecule has 0 saturated heterocycles. The number of rotatable bonds is 3. The van der Waals surface area contributed by atoms with Gasteiger partial charge in [0.25, 0.3) is 0 Å². The topological polar surface area (TPSA) is 37.3 Å². The zero-order valence-corrected chi connectivity index (χ0v) is 8.79. The third kappa shape index (κ3) is 2.91. The lowest BCUT2D eigenvalue weighted by Gasteiger charge is -2.18. The summed E-state index contributed by atoms with van der Waals surface area (Å²) >= 11 is 0. The van der Waals surface area contributed by atoms with Crippen LogP contribution in [0.5, 0.6) is 0 Å². The predicted molar refractivity (Wildman–Crippen MR) is 54.2 cm³/mol. The van der Waals surface area contributed by atoms with E-state index in [1.165, 1.54) is 0 Å². The molecular formula is C10H14O2P+. The Morgan fingerprint density at radius 2 is 1.85 bits per heavy atom. The van der Waals surface area contributed by atoms with Crippen molar-refractivity contribution in [1.29, 1.82) is 0 Å². The maximum Gasteiger partial charge on any atom is 0.506 e. The Morgan fingerprint density at radius 1 is 1.31 bits per heavy atom. The van der Waals surface area contributed by atoms with Crippen LogP contribution in [0.2, 0.25) is 0 Å². The van der Waals surface area contributed by atoms with E-state index in [1.807, 2.05) is 44.2 Å². The summed E-state index contributed by atoms with van der Waals surface area (Å²) in [5.41, 5.74) is 0.885. The fourth-order valence-corrected chi connectivity index (χ4v) is 2.18. The summed E-state index contributed by atoms with van der Waals surface area (Å²) in [6.07, 6.45) is 0.312. The van der Waals surface area contributed by atoms with E-state index >= 15 is 0 Å². The molecule has 1 aromatic carbocycles. The predicted octanol–water partition coefficient (Wildman–Crippen LogP) is 2.70. The highest BCUT2D eigenvalue weighted by Crippen LogP contribution is 2.31. The second kappa shape index (κ2) is 3.99. The number of hydrogen-bond acceptors (Lipinski definition) is 1.